The van der Waals surface area contributed by atoms with Crippen LogP contribution in [0.25, 0.3) is 0 Å². The normalized spacial score (nSPS) is 15.1. The number of methoxy groups -OCH3 is 1. The fraction of sp³-hybridized carbons (Fsp3) is 0.700. The Balaban J connectivity index is 2.55. The lowest BCUT2D eigenvalue weighted by Crippen LogP contribution is -2.32. The van der Waals surface area contributed by atoms with Crippen LogP contribution in [0.15, 0.2) is 11.7 Å². The van der Waals surface area contributed by atoms with E-state index in [-0.39, 0.29) is 6.61 Å². The molecule has 1 aromatic heterocycles. The van der Waals surface area contributed by atoms with Crippen molar-refractivity contribution in [3.05, 3.63) is 16.6 Å². The van der Waals surface area contributed by atoms with Crippen LogP contribution in [0.2, 0.25) is 0 Å². The Morgan fingerprint density at radius 1 is 1.67 bits per heavy atom. The highest BCUT2D eigenvalue weighted by molar-refractivity contribution is 7.09. The van der Waals surface area contributed by atoms with Crippen LogP contribution in [0.3, 0.4) is 0 Å². The van der Waals surface area contributed by atoms with Crippen LogP contribution in [0.1, 0.15) is 17.7 Å². The van der Waals surface area contributed by atoms with Gasteiger partial charge in [-0.25, -0.2) is 4.39 Å². The minimum atomic E-state index is -1.30. The number of ether oxygens (including phenoxy) is 1. The molecule has 15 heavy (non-hydrogen) atoms. The van der Waals surface area contributed by atoms with Crippen LogP contribution in [-0.2, 0) is 11.2 Å². The molecule has 0 radical (unpaired) electrons. The van der Waals surface area contributed by atoms with Crippen LogP contribution in [0, 0.1) is 0 Å². The molecule has 1 heterocycles. The number of nitrogens with zero attached hydrogens (tertiary/aromatic N) is 1. The van der Waals surface area contributed by atoms with E-state index in [2.05, 4.69) is 4.98 Å². The second-order valence-corrected chi connectivity index (χ2v) is 4.59. The zero-order valence-corrected chi connectivity index (χ0v) is 9.73. The third-order valence-corrected chi connectivity index (χ3v) is 2.99. The van der Waals surface area contributed by atoms with Gasteiger partial charge in [0.25, 0.3) is 0 Å². The number of hydrogen-bond acceptors (Lipinski definition) is 4. The zero-order valence-electron chi connectivity index (χ0n) is 8.91. The van der Waals surface area contributed by atoms with Gasteiger partial charge in [0.1, 0.15) is 5.67 Å². The number of thiazole rings is 1. The smallest absolute Gasteiger partial charge is 0.139 e. The van der Waals surface area contributed by atoms with E-state index in [0.29, 0.717) is 25.8 Å². The third-order valence-electron chi connectivity index (χ3n) is 2.21. The molecule has 0 bridgehead atoms. The van der Waals surface area contributed by atoms with Crippen molar-refractivity contribution in [1.82, 2.24) is 4.98 Å². The topological polar surface area (TPSA) is 48.1 Å². The lowest BCUT2D eigenvalue weighted by molar-refractivity contribution is 0.0340. The summed E-state index contributed by atoms with van der Waals surface area (Å²) >= 11 is 1.47. The van der Waals surface area contributed by atoms with Crippen molar-refractivity contribution in [1.29, 1.82) is 0 Å². The SMILES string of the molecule is COCC(F)(CCCN)Cc1cncs1. The number of nitrogens with two attached hydrogens (primary N) is 1. The van der Waals surface area contributed by atoms with E-state index in [4.69, 9.17) is 10.5 Å². The fourth-order valence-corrected chi connectivity index (χ4v) is 2.25. The summed E-state index contributed by atoms with van der Waals surface area (Å²) in [6, 6.07) is 0. The van der Waals surface area contributed by atoms with Crippen molar-refractivity contribution in [2.45, 2.75) is 24.9 Å². The van der Waals surface area contributed by atoms with E-state index in [0.717, 1.165) is 4.88 Å². The Morgan fingerprint density at radius 3 is 3.00 bits per heavy atom. The maximum Gasteiger partial charge on any atom is 0.139 e. The maximum absolute atomic E-state index is 14.3. The lowest BCUT2D eigenvalue weighted by atomic mass is 9.96. The van der Waals surface area contributed by atoms with E-state index in [9.17, 15) is 4.39 Å². The Hall–Kier alpha value is -0.520. The van der Waals surface area contributed by atoms with Gasteiger partial charge in [-0.1, -0.05) is 0 Å². The molecule has 0 saturated carbocycles. The van der Waals surface area contributed by atoms with E-state index in [1.807, 2.05) is 0 Å². The van der Waals surface area contributed by atoms with Crippen molar-refractivity contribution >= 4 is 11.3 Å². The number of alkyl halides is 1. The number of hydrogen-bond donors (Lipinski definition) is 1. The van der Waals surface area contributed by atoms with Gasteiger partial charge in [-0.2, -0.15) is 0 Å². The third kappa shape index (κ3) is 4.24. The first-order valence-electron chi connectivity index (χ1n) is 4.95. The molecule has 1 aromatic rings. The Labute approximate surface area is 93.5 Å². The molecule has 0 fully saturated rings. The molecule has 1 rings (SSSR count). The average molecular weight is 232 g/mol. The van der Waals surface area contributed by atoms with Gasteiger partial charge < -0.3 is 10.5 Å². The summed E-state index contributed by atoms with van der Waals surface area (Å²) < 4.78 is 19.3. The van der Waals surface area contributed by atoms with Crippen molar-refractivity contribution in [2.24, 2.45) is 5.73 Å². The molecule has 0 aromatic carbocycles. The summed E-state index contributed by atoms with van der Waals surface area (Å²) in [5.74, 6) is 0. The Bertz CT molecular complexity index is 268. The van der Waals surface area contributed by atoms with Crippen LogP contribution in [0.5, 0.6) is 0 Å². The van der Waals surface area contributed by atoms with Crippen molar-refractivity contribution in [2.75, 3.05) is 20.3 Å². The van der Waals surface area contributed by atoms with Gasteiger partial charge in [-0.15, -0.1) is 11.3 Å². The summed E-state index contributed by atoms with van der Waals surface area (Å²) in [5, 5.41) is 0. The first-order valence-corrected chi connectivity index (χ1v) is 5.83. The van der Waals surface area contributed by atoms with E-state index in [1.54, 1.807) is 11.7 Å². The highest BCUT2D eigenvalue weighted by Gasteiger charge is 2.29. The fourth-order valence-electron chi connectivity index (χ4n) is 1.53. The molecule has 86 valence electrons. The molecule has 3 nitrogen and oxygen atoms in total. The van der Waals surface area contributed by atoms with Gasteiger partial charge in [0.15, 0.2) is 0 Å². The minimum Gasteiger partial charge on any atom is -0.381 e. The minimum absolute atomic E-state index is 0.116. The highest BCUT2D eigenvalue weighted by Crippen LogP contribution is 2.25. The molecule has 0 aliphatic heterocycles. The van der Waals surface area contributed by atoms with Crippen LogP contribution < -0.4 is 5.73 Å². The Kier molecular flexibility index (Phi) is 5.14. The average Bonchev–Trinajstić information content (AvgIpc) is 2.68. The summed E-state index contributed by atoms with van der Waals surface area (Å²) in [4.78, 5) is 4.88. The van der Waals surface area contributed by atoms with Crippen molar-refractivity contribution in [3.8, 4) is 0 Å². The molecular weight excluding hydrogens is 215 g/mol. The molecule has 1 atom stereocenters. The van der Waals surface area contributed by atoms with Crippen molar-refractivity contribution in [3.63, 3.8) is 0 Å². The van der Waals surface area contributed by atoms with Gasteiger partial charge in [0, 0.05) is 24.6 Å². The summed E-state index contributed by atoms with van der Waals surface area (Å²) in [7, 11) is 1.52. The monoisotopic (exact) mass is 232 g/mol. The largest absolute Gasteiger partial charge is 0.381 e. The van der Waals surface area contributed by atoms with E-state index >= 15 is 0 Å². The molecule has 0 spiro atoms. The lowest BCUT2D eigenvalue weighted by Gasteiger charge is -2.23. The molecule has 0 aliphatic rings. The highest BCUT2D eigenvalue weighted by atomic mass is 32.1. The number of rotatable bonds is 7. The quantitative estimate of drug-likeness (QED) is 0.779. The molecule has 0 saturated heterocycles. The Morgan fingerprint density at radius 2 is 2.47 bits per heavy atom. The van der Waals surface area contributed by atoms with Crippen LogP contribution in [0.4, 0.5) is 4.39 Å². The number of aromatic nitrogens is 1. The van der Waals surface area contributed by atoms with Gasteiger partial charge in [0.05, 0.1) is 12.1 Å². The van der Waals surface area contributed by atoms with E-state index < -0.39 is 5.67 Å². The summed E-state index contributed by atoms with van der Waals surface area (Å²) in [5.41, 5.74) is 5.80. The molecule has 5 heteroatoms. The number of halogens is 1. The molecule has 2 N–H and O–H groups in total. The summed E-state index contributed by atoms with van der Waals surface area (Å²) in [6.45, 7) is 0.628. The van der Waals surface area contributed by atoms with Crippen LogP contribution >= 0.6 is 11.3 Å². The standard InChI is InChI=1S/C10H17FN2OS/c1-14-7-10(11,3-2-4-12)5-9-6-13-8-15-9/h6,8H,2-5,7,12H2,1H3. The zero-order chi connectivity index (χ0) is 11.1. The predicted octanol–water partition coefficient (Wildman–Crippen LogP) is 1.78. The molecule has 1 unspecified atom stereocenters. The van der Waals surface area contributed by atoms with Crippen molar-refractivity contribution < 1.29 is 9.13 Å². The van der Waals surface area contributed by atoms with E-state index in [1.165, 1.54) is 18.4 Å². The first-order chi connectivity index (χ1) is 7.20. The maximum atomic E-state index is 14.3. The van der Waals surface area contributed by atoms with Crippen LogP contribution in [-0.4, -0.2) is 30.9 Å². The van der Waals surface area contributed by atoms with Gasteiger partial charge >= 0.3 is 0 Å². The van der Waals surface area contributed by atoms with Gasteiger partial charge in [-0.05, 0) is 19.4 Å². The molecular formula is C10H17FN2OS. The molecule has 0 aliphatic carbocycles. The predicted molar refractivity (Wildman–Crippen MR) is 59.8 cm³/mol. The second kappa shape index (κ2) is 6.15. The molecule has 0 amide bonds. The summed E-state index contributed by atoms with van der Waals surface area (Å²) in [6.07, 6.45) is 3.19. The first kappa shape index (κ1) is 12.5. The van der Waals surface area contributed by atoms with Gasteiger partial charge in [-0.3, -0.25) is 4.98 Å². The van der Waals surface area contributed by atoms with Gasteiger partial charge in [0.2, 0.25) is 0 Å². The second-order valence-electron chi connectivity index (χ2n) is 3.62.